The Balaban J connectivity index is 2.78. The van der Waals surface area contributed by atoms with Gasteiger partial charge in [0.25, 0.3) is 0 Å². The van der Waals surface area contributed by atoms with Crippen LogP contribution in [0.25, 0.3) is 0 Å². The maximum Gasteiger partial charge on any atom is 0.176 e. The van der Waals surface area contributed by atoms with Crippen LogP contribution >= 0.6 is 0 Å². The Morgan fingerprint density at radius 2 is 2.08 bits per heavy atom. The summed E-state index contributed by atoms with van der Waals surface area (Å²) in [6.07, 6.45) is 0. The molecule has 1 aromatic rings. The van der Waals surface area contributed by atoms with Gasteiger partial charge in [-0.15, -0.1) is 5.54 Å². The van der Waals surface area contributed by atoms with E-state index in [1.807, 2.05) is 0 Å². The summed E-state index contributed by atoms with van der Waals surface area (Å²) in [6.45, 7) is 6.47. The Hall–Kier alpha value is -0.983. The van der Waals surface area contributed by atoms with Gasteiger partial charge in [0.2, 0.25) is 0 Å². The van der Waals surface area contributed by atoms with E-state index >= 15 is 0 Å². The van der Waals surface area contributed by atoms with Crippen LogP contribution in [0.1, 0.15) is 11.5 Å². The fourth-order valence-electron chi connectivity index (χ4n) is 0.779. The molecule has 0 saturated carbocycles. The van der Waals surface area contributed by atoms with Gasteiger partial charge in [-0.05, 0) is 18.1 Å². The Bertz CT molecular complexity index is 336. The van der Waals surface area contributed by atoms with Crippen LogP contribution in [-0.2, 0) is 6.61 Å². The number of aliphatic hydroxyl groups excluding tert-OH is 1. The highest BCUT2D eigenvalue weighted by atomic mass is 28.3. The fraction of sp³-hybridized carbons (Fsp3) is 0.400. The quantitative estimate of drug-likeness (QED) is 0.548. The number of rotatable bonds is 1. The molecule has 2 nitrogen and oxygen atoms in total. The molecule has 3 heteroatoms. The van der Waals surface area contributed by atoms with E-state index in [9.17, 15) is 0 Å². The van der Waals surface area contributed by atoms with Crippen molar-refractivity contribution >= 4 is 8.07 Å². The van der Waals surface area contributed by atoms with Gasteiger partial charge in [-0.3, -0.25) is 0 Å². The van der Waals surface area contributed by atoms with E-state index in [2.05, 4.69) is 31.1 Å². The zero-order chi connectivity index (χ0) is 9.90. The molecule has 0 atom stereocenters. The van der Waals surface area contributed by atoms with E-state index in [1.54, 1.807) is 12.1 Å². The lowest BCUT2D eigenvalue weighted by molar-refractivity contribution is 0.246. The predicted octanol–water partition coefficient (Wildman–Crippen LogP) is 2.00. The molecular weight excluding hydrogens is 180 g/mol. The van der Waals surface area contributed by atoms with Crippen molar-refractivity contribution in [2.45, 2.75) is 26.2 Å². The third kappa shape index (κ3) is 3.49. The number of hydrogen-bond donors (Lipinski definition) is 1. The van der Waals surface area contributed by atoms with Crippen molar-refractivity contribution in [3.8, 4) is 11.5 Å². The van der Waals surface area contributed by atoms with Crippen LogP contribution < -0.4 is 0 Å². The first kappa shape index (κ1) is 10.1. The summed E-state index contributed by atoms with van der Waals surface area (Å²) in [5, 5.41) is 8.75. The first-order chi connectivity index (χ1) is 6.01. The van der Waals surface area contributed by atoms with Gasteiger partial charge in [0.05, 0.1) is 0 Å². The molecule has 0 aliphatic rings. The summed E-state index contributed by atoms with van der Waals surface area (Å²) < 4.78 is 5.23. The topological polar surface area (TPSA) is 33.4 Å². The Morgan fingerprint density at radius 1 is 1.38 bits per heavy atom. The summed E-state index contributed by atoms with van der Waals surface area (Å²) in [5.41, 5.74) is 3.19. The van der Waals surface area contributed by atoms with E-state index in [-0.39, 0.29) is 6.61 Å². The number of hydrogen-bond acceptors (Lipinski definition) is 2. The lowest BCUT2D eigenvalue weighted by atomic mass is 10.4. The molecule has 70 valence electrons. The summed E-state index contributed by atoms with van der Waals surface area (Å²) in [7, 11) is -1.32. The zero-order valence-electron chi connectivity index (χ0n) is 8.22. The Labute approximate surface area is 79.6 Å². The maximum absolute atomic E-state index is 8.75. The van der Waals surface area contributed by atoms with Crippen molar-refractivity contribution in [2.24, 2.45) is 0 Å². The molecule has 0 saturated heterocycles. The van der Waals surface area contributed by atoms with E-state index < -0.39 is 8.07 Å². The zero-order valence-corrected chi connectivity index (χ0v) is 9.22. The molecule has 13 heavy (non-hydrogen) atoms. The summed E-state index contributed by atoms with van der Waals surface area (Å²) in [6, 6.07) is 3.53. The molecule has 0 aliphatic heterocycles. The molecule has 1 aromatic heterocycles. The van der Waals surface area contributed by atoms with Crippen LogP contribution in [0.15, 0.2) is 16.5 Å². The minimum Gasteiger partial charge on any atom is -0.450 e. The van der Waals surface area contributed by atoms with Gasteiger partial charge in [0.1, 0.15) is 20.4 Å². The van der Waals surface area contributed by atoms with Gasteiger partial charge in [0.15, 0.2) is 5.76 Å². The molecule has 0 unspecified atom stereocenters. The molecule has 0 aliphatic carbocycles. The number of aliphatic hydroxyl groups is 1. The second kappa shape index (κ2) is 3.82. The van der Waals surface area contributed by atoms with Crippen molar-refractivity contribution in [1.29, 1.82) is 0 Å². The highest BCUT2D eigenvalue weighted by Gasteiger charge is 2.07. The van der Waals surface area contributed by atoms with E-state index in [0.717, 1.165) is 0 Å². The highest BCUT2D eigenvalue weighted by molar-refractivity contribution is 6.83. The third-order valence-corrected chi connectivity index (χ3v) is 2.25. The number of furan rings is 1. The first-order valence-electron chi connectivity index (χ1n) is 4.24. The van der Waals surface area contributed by atoms with Gasteiger partial charge in [0, 0.05) is 0 Å². The molecule has 0 amide bonds. The molecule has 1 rings (SSSR count). The molecule has 0 aromatic carbocycles. The minimum absolute atomic E-state index is 0.0609. The molecular formula is C10H14O2Si. The fourth-order valence-corrected chi connectivity index (χ4v) is 1.28. The average molecular weight is 194 g/mol. The van der Waals surface area contributed by atoms with Gasteiger partial charge < -0.3 is 9.52 Å². The molecule has 1 heterocycles. The van der Waals surface area contributed by atoms with Crippen LogP contribution in [0.3, 0.4) is 0 Å². The SMILES string of the molecule is C[Si](C)(C)C#Cc1ccc(CO)o1. The summed E-state index contributed by atoms with van der Waals surface area (Å²) in [5.74, 6) is 4.19. The van der Waals surface area contributed by atoms with Crippen molar-refractivity contribution in [3.63, 3.8) is 0 Å². The van der Waals surface area contributed by atoms with Gasteiger partial charge in [-0.2, -0.15) is 0 Å². The van der Waals surface area contributed by atoms with Crippen LogP contribution in [0.2, 0.25) is 19.6 Å². The van der Waals surface area contributed by atoms with Crippen molar-refractivity contribution in [1.82, 2.24) is 0 Å². The second-order valence-corrected chi connectivity index (χ2v) is 8.67. The van der Waals surface area contributed by atoms with Crippen LogP contribution in [0.5, 0.6) is 0 Å². The average Bonchev–Trinajstić information content (AvgIpc) is 2.47. The highest BCUT2D eigenvalue weighted by Crippen LogP contribution is 2.06. The molecule has 0 spiro atoms. The lowest BCUT2D eigenvalue weighted by Crippen LogP contribution is -2.16. The van der Waals surface area contributed by atoms with E-state index in [0.29, 0.717) is 11.5 Å². The Kier molecular flexibility index (Phi) is 2.97. The van der Waals surface area contributed by atoms with E-state index in [4.69, 9.17) is 9.52 Å². The van der Waals surface area contributed by atoms with Gasteiger partial charge >= 0.3 is 0 Å². The van der Waals surface area contributed by atoms with Crippen LogP contribution in [0, 0.1) is 11.5 Å². The second-order valence-electron chi connectivity index (χ2n) is 3.92. The summed E-state index contributed by atoms with van der Waals surface area (Å²) >= 11 is 0. The predicted molar refractivity (Wildman–Crippen MR) is 54.9 cm³/mol. The van der Waals surface area contributed by atoms with Gasteiger partial charge in [-0.25, -0.2) is 0 Å². The monoisotopic (exact) mass is 194 g/mol. The first-order valence-corrected chi connectivity index (χ1v) is 7.74. The lowest BCUT2D eigenvalue weighted by Gasteiger charge is -2.02. The minimum atomic E-state index is -1.32. The summed E-state index contributed by atoms with van der Waals surface area (Å²) in [4.78, 5) is 0. The van der Waals surface area contributed by atoms with Gasteiger partial charge in [-0.1, -0.05) is 19.6 Å². The molecule has 0 bridgehead atoms. The smallest absolute Gasteiger partial charge is 0.176 e. The maximum atomic E-state index is 8.75. The van der Waals surface area contributed by atoms with E-state index in [1.165, 1.54) is 0 Å². The van der Waals surface area contributed by atoms with Crippen molar-refractivity contribution in [2.75, 3.05) is 0 Å². The Morgan fingerprint density at radius 3 is 2.54 bits per heavy atom. The van der Waals surface area contributed by atoms with Crippen LogP contribution in [0.4, 0.5) is 0 Å². The standard InChI is InChI=1S/C10H14O2Si/c1-13(2,3)7-6-9-4-5-10(8-11)12-9/h4-5,11H,8H2,1-3H3. The molecule has 0 radical (unpaired) electrons. The normalized spacial score (nSPS) is 10.8. The molecule has 0 fully saturated rings. The molecule has 1 N–H and O–H groups in total. The van der Waals surface area contributed by atoms with Crippen LogP contribution in [-0.4, -0.2) is 13.2 Å². The third-order valence-electron chi connectivity index (χ3n) is 1.38. The largest absolute Gasteiger partial charge is 0.450 e. The van der Waals surface area contributed by atoms with Crippen molar-refractivity contribution < 1.29 is 9.52 Å². The van der Waals surface area contributed by atoms with Crippen molar-refractivity contribution in [3.05, 3.63) is 23.7 Å².